The highest BCUT2D eigenvalue weighted by Gasteiger charge is 2.25. The van der Waals surface area contributed by atoms with Gasteiger partial charge in [0.05, 0.1) is 38.7 Å². The van der Waals surface area contributed by atoms with Crippen LogP contribution in [0.15, 0.2) is 413 Å². The third-order valence-electron chi connectivity index (χ3n) is 24.2. The number of fused-ring (bicyclic) bond motifs is 19. The fraction of sp³-hybridized carbons (Fsp3) is 0. The molecule has 0 amide bonds. The quantitative estimate of drug-likeness (QED) is 0.113. The zero-order valence-corrected chi connectivity index (χ0v) is 72.6. The highest BCUT2D eigenvalue weighted by atomic mass is 32.1. The molecule has 16 nitrogen and oxygen atoms in total. The minimum Gasteiger partial charge on any atom is -0.294 e. The second-order valence-corrected chi connectivity index (χ2v) is 35.3. The Labute approximate surface area is 765 Å². The van der Waals surface area contributed by atoms with Crippen LogP contribution in [0.2, 0.25) is 0 Å². The fourth-order valence-corrected chi connectivity index (χ4v) is 21.5. The van der Waals surface area contributed by atoms with E-state index in [1.807, 2.05) is 228 Å². The van der Waals surface area contributed by atoms with Gasteiger partial charge in [-0.15, -0.1) is 34.0 Å². The van der Waals surface area contributed by atoms with Gasteiger partial charge in [0.1, 0.15) is 11.6 Å². The van der Waals surface area contributed by atoms with Crippen LogP contribution in [0.3, 0.4) is 0 Å². The fourth-order valence-electron chi connectivity index (χ4n) is 18.0. The van der Waals surface area contributed by atoms with E-state index in [4.69, 9.17) is 64.8 Å². The van der Waals surface area contributed by atoms with Crippen LogP contribution < -0.4 is 0 Å². The number of thiophene rings is 3. The van der Waals surface area contributed by atoms with Crippen LogP contribution in [-0.4, -0.2) is 78.5 Å². The first kappa shape index (κ1) is 77.1. The molecule has 132 heavy (non-hydrogen) atoms. The van der Waals surface area contributed by atoms with Crippen LogP contribution in [0, 0.1) is 0 Å². The van der Waals surface area contributed by atoms with E-state index < -0.39 is 0 Å². The number of rotatable bonds is 12. The summed E-state index contributed by atoms with van der Waals surface area (Å²) in [5, 5.41) is 15.0. The summed E-state index contributed by atoms with van der Waals surface area (Å²) in [6.07, 6.45) is 7.35. The smallest absolute Gasteiger partial charge is 0.234 e. The van der Waals surface area contributed by atoms with Crippen LogP contribution >= 0.6 is 34.0 Å². The molecule has 0 bridgehead atoms. The Kier molecular flexibility index (Phi) is 19.0. The second-order valence-electron chi connectivity index (χ2n) is 32.1. The van der Waals surface area contributed by atoms with Gasteiger partial charge < -0.3 is 0 Å². The molecule has 0 atom stereocenters. The van der Waals surface area contributed by atoms with E-state index in [1.54, 1.807) is 12.4 Å². The summed E-state index contributed by atoms with van der Waals surface area (Å²) in [5.74, 6) is 7.74. The molecule has 618 valence electrons. The lowest BCUT2D eigenvalue weighted by molar-refractivity contribution is 0.982. The summed E-state index contributed by atoms with van der Waals surface area (Å²) in [6, 6.07) is 133. The molecule has 15 aromatic carbocycles. The number of hydrogen-bond acceptors (Lipinski definition) is 16. The number of aromatic nitrogens is 16. The van der Waals surface area contributed by atoms with Gasteiger partial charge in [0.25, 0.3) is 0 Å². The van der Waals surface area contributed by atoms with Crippen molar-refractivity contribution < 1.29 is 0 Å². The van der Waals surface area contributed by atoms with Crippen molar-refractivity contribution in [1.29, 1.82) is 0 Å². The van der Waals surface area contributed by atoms with Crippen molar-refractivity contribution in [2.24, 2.45) is 0 Å². The molecule has 0 radical (unpaired) electrons. The predicted molar refractivity (Wildman–Crippen MR) is 541 cm³/mol. The van der Waals surface area contributed by atoms with Crippen molar-refractivity contribution in [3.63, 3.8) is 0 Å². The Hall–Kier alpha value is -17.2. The van der Waals surface area contributed by atoms with E-state index in [2.05, 4.69) is 220 Å². The Bertz CT molecular complexity index is 8350. The van der Waals surface area contributed by atoms with E-state index in [0.29, 0.717) is 58.4 Å². The van der Waals surface area contributed by atoms with Gasteiger partial charge in [-0.05, 0) is 91.0 Å². The maximum absolute atomic E-state index is 4.99. The van der Waals surface area contributed by atoms with Crippen molar-refractivity contribution >= 4 is 160 Å². The Morgan fingerprint density at radius 3 is 0.848 bits per heavy atom. The molecule has 0 saturated carbocycles. The average Bonchev–Trinajstić information content (AvgIpc) is 1.57. The normalized spacial score (nSPS) is 11.6. The van der Waals surface area contributed by atoms with E-state index in [1.165, 1.54) is 92.8 Å². The highest BCUT2D eigenvalue weighted by molar-refractivity contribution is 7.27. The molecular formula is C113H68N16S3. The summed E-state index contributed by atoms with van der Waals surface area (Å²) >= 11 is 5.50. The first-order valence-electron chi connectivity index (χ1n) is 43.3. The van der Waals surface area contributed by atoms with Crippen LogP contribution in [-0.2, 0) is 0 Å². The molecule has 0 N–H and O–H groups in total. The summed E-state index contributed by atoms with van der Waals surface area (Å²) in [4.78, 5) is 63.4. The van der Waals surface area contributed by atoms with Crippen LogP contribution in [0.25, 0.3) is 246 Å². The lowest BCUT2D eigenvalue weighted by Gasteiger charge is -2.10. The van der Waals surface area contributed by atoms with Gasteiger partial charge in [-0.3, -0.25) is 13.7 Å². The van der Waals surface area contributed by atoms with Gasteiger partial charge in [0.2, 0.25) is 5.95 Å². The first-order valence-corrected chi connectivity index (χ1v) is 45.8. The topological polar surface area (TPSA) is 182 Å². The molecule has 0 spiro atoms. The molecular weight excluding hydrogens is 1680 g/mol. The van der Waals surface area contributed by atoms with E-state index >= 15 is 0 Å². The third kappa shape index (κ3) is 13.8. The lowest BCUT2D eigenvalue weighted by atomic mass is 10.1. The molecule has 12 heterocycles. The first-order chi connectivity index (χ1) is 65.4. The van der Waals surface area contributed by atoms with Crippen molar-refractivity contribution in [2.75, 3.05) is 0 Å². The molecule has 27 aromatic rings. The monoisotopic (exact) mass is 1740 g/mol. The van der Waals surface area contributed by atoms with Gasteiger partial charge >= 0.3 is 0 Å². The van der Waals surface area contributed by atoms with Crippen LogP contribution in [0.1, 0.15) is 0 Å². The number of para-hydroxylation sites is 3. The molecule has 0 aliphatic heterocycles. The van der Waals surface area contributed by atoms with Gasteiger partial charge in [0, 0.05) is 162 Å². The van der Waals surface area contributed by atoms with E-state index in [-0.39, 0.29) is 0 Å². The van der Waals surface area contributed by atoms with Gasteiger partial charge in [-0.1, -0.05) is 297 Å². The Morgan fingerprint density at radius 2 is 0.462 bits per heavy atom. The summed E-state index contributed by atoms with van der Waals surface area (Å²) in [5.41, 5.74) is 14.7. The largest absolute Gasteiger partial charge is 0.294 e. The predicted octanol–water partition coefficient (Wildman–Crippen LogP) is 28.6. The number of benzene rings is 15. The second kappa shape index (κ2) is 32.6. The number of hydrogen-bond donors (Lipinski definition) is 0. The van der Waals surface area contributed by atoms with Crippen molar-refractivity contribution in [2.45, 2.75) is 0 Å². The van der Waals surface area contributed by atoms with E-state index in [0.717, 1.165) is 94.8 Å². The molecule has 12 aromatic heterocycles. The standard InChI is InChI=1S/2C38H23N5S.C37H22N6S/c1-3-11-24(12-4-1)36-40-37(25-13-5-2-6-14-25)42-38(41-36)26-19-22-33(39-23-26)43-30-17-9-7-16-29(30)34-31(43)21-20-28-27-15-8-10-18-32(27)44-35(28)34;1-3-11-24(12-4-1)36-40-37(25-13-5-2-6-14-25)42-38(41-36)26-19-20-35(39-23-26)43-31-17-9-7-15-27(31)29-21-30-28-16-8-10-18-33(28)44-34(30)22-32(29)43;1-3-11-23(12-4-1)34-40-35(24-13-5-2-6-14-24)42-36(41-34)25-21-38-37(39-22-25)43-30-17-9-7-15-26(30)28-19-29-27-16-8-10-18-32(27)44-33(29)20-31(28)43/h2*1-23H;1-22H. The van der Waals surface area contributed by atoms with Crippen LogP contribution in [0.5, 0.6) is 0 Å². The van der Waals surface area contributed by atoms with Gasteiger partial charge in [-0.25, -0.2) is 64.8 Å². The third-order valence-corrected chi connectivity index (χ3v) is 27.7. The molecule has 0 saturated heterocycles. The molecule has 27 rings (SSSR count). The SMILES string of the molecule is c1ccc(-c2nc(-c3ccccc3)nc(-c3ccc(-n4c5ccccc5c5c6sc7ccccc7c6ccc54)nc3)n2)cc1.c1ccc(-c2nc(-c3ccccc3)nc(-c3ccc(-n4c5ccccc5c5cc6c(cc54)sc4ccccc46)nc3)n2)cc1.c1ccc(-c2nc(-c3ccccc3)nc(-c3cnc(-n4c5ccccc5c5cc6c(cc54)sc4ccccc46)nc3)n2)cc1. The zero-order valence-electron chi connectivity index (χ0n) is 70.1. The highest BCUT2D eigenvalue weighted by Crippen LogP contribution is 2.46. The molecule has 0 fully saturated rings. The maximum atomic E-state index is 4.99. The summed E-state index contributed by atoms with van der Waals surface area (Å²) in [7, 11) is 0. The van der Waals surface area contributed by atoms with Crippen molar-refractivity contribution in [1.82, 2.24) is 78.5 Å². The average molecular weight is 1750 g/mol. The van der Waals surface area contributed by atoms with Crippen LogP contribution in [0.4, 0.5) is 0 Å². The minimum absolute atomic E-state index is 0.526. The molecule has 0 aliphatic carbocycles. The lowest BCUT2D eigenvalue weighted by Crippen LogP contribution is -2.03. The van der Waals surface area contributed by atoms with Gasteiger partial charge in [-0.2, -0.15) is 0 Å². The number of nitrogens with zero attached hydrogens (tertiary/aromatic N) is 16. The van der Waals surface area contributed by atoms with E-state index in [9.17, 15) is 0 Å². The van der Waals surface area contributed by atoms with Gasteiger partial charge in [0.15, 0.2) is 52.4 Å². The zero-order chi connectivity index (χ0) is 87.1. The summed E-state index contributed by atoms with van der Waals surface area (Å²) in [6.45, 7) is 0. The maximum Gasteiger partial charge on any atom is 0.234 e. The Balaban J connectivity index is 0.000000106. The Morgan fingerprint density at radius 1 is 0.167 bits per heavy atom. The molecule has 0 aliphatic rings. The van der Waals surface area contributed by atoms with Crippen molar-refractivity contribution in [3.05, 3.63) is 413 Å². The van der Waals surface area contributed by atoms with Crippen molar-refractivity contribution in [3.8, 4) is 120 Å². The summed E-state index contributed by atoms with van der Waals surface area (Å²) < 4.78 is 14.4. The molecule has 0 unspecified atom stereocenters. The number of pyridine rings is 2. The minimum atomic E-state index is 0.526. The molecule has 19 heteroatoms.